The van der Waals surface area contributed by atoms with E-state index >= 15 is 0 Å². The number of benzene rings is 1. The quantitative estimate of drug-likeness (QED) is 0.808. The highest BCUT2D eigenvalue weighted by Gasteiger charge is 2.21. The zero-order chi connectivity index (χ0) is 13.8. The number of nitrogens with one attached hydrogen (secondary N) is 1. The zero-order valence-electron chi connectivity index (χ0n) is 10.1. The molecule has 0 heterocycles. The van der Waals surface area contributed by atoms with E-state index in [1.807, 2.05) is 0 Å². The first kappa shape index (κ1) is 15.4. The Balaban J connectivity index is 2.95. The number of hydrogen-bond acceptors (Lipinski definition) is 4. The lowest BCUT2D eigenvalue weighted by atomic mass is 10.3. The van der Waals surface area contributed by atoms with Gasteiger partial charge in [-0.15, -0.1) is 0 Å². The van der Waals surface area contributed by atoms with Crippen LogP contribution in [0.2, 0.25) is 5.02 Å². The highest BCUT2D eigenvalue weighted by molar-refractivity contribution is 7.91. The van der Waals surface area contributed by atoms with Gasteiger partial charge in [-0.2, -0.15) is 0 Å². The number of rotatable bonds is 6. The van der Waals surface area contributed by atoms with Gasteiger partial charge in [-0.3, -0.25) is 0 Å². The van der Waals surface area contributed by atoms with Crippen molar-refractivity contribution in [1.82, 2.24) is 5.32 Å². The second-order valence-electron chi connectivity index (χ2n) is 3.80. The van der Waals surface area contributed by atoms with Crippen molar-refractivity contribution >= 4 is 21.4 Å². The van der Waals surface area contributed by atoms with E-state index in [9.17, 15) is 12.8 Å². The summed E-state index contributed by atoms with van der Waals surface area (Å²) in [6, 6.07) is 3.03. The van der Waals surface area contributed by atoms with Gasteiger partial charge in [0.05, 0.1) is 22.3 Å². The van der Waals surface area contributed by atoms with Crippen LogP contribution in [0, 0.1) is 5.82 Å². The van der Waals surface area contributed by atoms with Gasteiger partial charge >= 0.3 is 0 Å². The fourth-order valence-electron chi connectivity index (χ4n) is 1.45. The van der Waals surface area contributed by atoms with Crippen molar-refractivity contribution in [3.8, 4) is 0 Å². The Morgan fingerprint density at radius 3 is 2.67 bits per heavy atom. The van der Waals surface area contributed by atoms with Gasteiger partial charge in [0.15, 0.2) is 9.84 Å². The predicted molar refractivity (Wildman–Crippen MR) is 68.2 cm³/mol. The molecular formula is C11H15ClFNO3S. The van der Waals surface area contributed by atoms with Crippen LogP contribution in [0.1, 0.15) is 0 Å². The van der Waals surface area contributed by atoms with Crippen molar-refractivity contribution in [3.63, 3.8) is 0 Å². The molecule has 0 radical (unpaired) electrons. The van der Waals surface area contributed by atoms with Gasteiger partial charge < -0.3 is 10.1 Å². The normalized spacial score (nSPS) is 13.6. The number of methoxy groups -OCH3 is 1. The third-order valence-electron chi connectivity index (χ3n) is 2.45. The maximum Gasteiger partial charge on any atom is 0.180 e. The summed E-state index contributed by atoms with van der Waals surface area (Å²) in [6.45, 7) is 0.269. The second-order valence-corrected chi connectivity index (χ2v) is 6.24. The van der Waals surface area contributed by atoms with Crippen LogP contribution in [0.25, 0.3) is 0 Å². The van der Waals surface area contributed by atoms with Crippen molar-refractivity contribution in [3.05, 3.63) is 29.0 Å². The van der Waals surface area contributed by atoms with Gasteiger partial charge in [-0.05, 0) is 25.2 Å². The highest BCUT2D eigenvalue weighted by Crippen LogP contribution is 2.20. The Morgan fingerprint density at radius 1 is 1.50 bits per heavy atom. The largest absolute Gasteiger partial charge is 0.383 e. The predicted octanol–water partition coefficient (Wildman–Crippen LogP) is 1.49. The van der Waals surface area contributed by atoms with E-state index in [4.69, 9.17) is 16.3 Å². The molecule has 1 atom stereocenters. The zero-order valence-corrected chi connectivity index (χ0v) is 11.7. The molecule has 1 aromatic rings. The molecule has 0 aliphatic heterocycles. The molecule has 0 saturated carbocycles. The summed E-state index contributed by atoms with van der Waals surface area (Å²) < 4.78 is 42.0. The molecule has 0 saturated heterocycles. The van der Waals surface area contributed by atoms with Crippen LogP contribution in [-0.2, 0) is 14.6 Å². The third kappa shape index (κ3) is 3.91. The SMILES string of the molecule is CNC(COC)CS(=O)(=O)c1ccc(F)c(Cl)c1. The maximum absolute atomic E-state index is 13.0. The Kier molecular flexibility index (Phi) is 5.52. The van der Waals surface area contributed by atoms with Crippen molar-refractivity contribution in [2.24, 2.45) is 0 Å². The van der Waals surface area contributed by atoms with E-state index in [-0.39, 0.29) is 28.3 Å². The summed E-state index contributed by atoms with van der Waals surface area (Å²) in [5.41, 5.74) is 0. The fraction of sp³-hybridized carbons (Fsp3) is 0.455. The van der Waals surface area contributed by atoms with Crippen LogP contribution in [0.3, 0.4) is 0 Å². The number of halogens is 2. The maximum atomic E-state index is 13.0. The molecular weight excluding hydrogens is 281 g/mol. The molecule has 4 nitrogen and oxygen atoms in total. The number of ether oxygens (including phenoxy) is 1. The molecule has 0 aliphatic carbocycles. The highest BCUT2D eigenvalue weighted by atomic mass is 35.5. The van der Waals surface area contributed by atoms with E-state index < -0.39 is 15.7 Å². The minimum absolute atomic E-state index is 0.00486. The number of sulfone groups is 1. The lowest BCUT2D eigenvalue weighted by Gasteiger charge is -2.15. The first-order valence-electron chi connectivity index (χ1n) is 5.24. The van der Waals surface area contributed by atoms with Gasteiger partial charge in [-0.25, -0.2) is 12.8 Å². The molecule has 0 aromatic heterocycles. The Labute approximate surface area is 111 Å². The summed E-state index contributed by atoms with van der Waals surface area (Å²) in [4.78, 5) is 0.00486. The first-order chi connectivity index (χ1) is 8.40. The average Bonchev–Trinajstić information content (AvgIpc) is 2.31. The Morgan fingerprint density at radius 2 is 2.17 bits per heavy atom. The van der Waals surface area contributed by atoms with E-state index in [1.54, 1.807) is 7.05 Å². The third-order valence-corrected chi connectivity index (χ3v) is 4.55. The summed E-state index contributed by atoms with van der Waals surface area (Å²) in [5.74, 6) is -0.781. The van der Waals surface area contributed by atoms with E-state index in [2.05, 4.69) is 5.32 Å². The van der Waals surface area contributed by atoms with Crippen molar-refractivity contribution < 1.29 is 17.5 Å². The first-order valence-corrected chi connectivity index (χ1v) is 7.27. The number of hydrogen-bond donors (Lipinski definition) is 1. The van der Waals surface area contributed by atoms with Gasteiger partial charge in [0.2, 0.25) is 0 Å². The van der Waals surface area contributed by atoms with E-state index in [0.717, 1.165) is 12.1 Å². The lowest BCUT2D eigenvalue weighted by molar-refractivity contribution is 0.176. The van der Waals surface area contributed by atoms with Gasteiger partial charge in [-0.1, -0.05) is 11.6 Å². The summed E-state index contributed by atoms with van der Waals surface area (Å²) in [7, 11) is -0.385. The van der Waals surface area contributed by atoms with E-state index in [0.29, 0.717) is 0 Å². The number of likely N-dealkylation sites (N-methyl/N-ethyl adjacent to an activating group) is 1. The Hall–Kier alpha value is -0.690. The Bertz CT molecular complexity index is 507. The van der Waals surface area contributed by atoms with Crippen LogP contribution < -0.4 is 5.32 Å². The lowest BCUT2D eigenvalue weighted by Crippen LogP contribution is -2.36. The van der Waals surface area contributed by atoms with Gasteiger partial charge in [0.25, 0.3) is 0 Å². The standard InChI is InChI=1S/C11H15ClFNO3S/c1-14-8(6-17-2)7-18(15,16)9-3-4-11(13)10(12)5-9/h3-5,8,14H,6-7H2,1-2H3. The monoisotopic (exact) mass is 295 g/mol. The molecule has 0 fully saturated rings. The fourth-order valence-corrected chi connectivity index (χ4v) is 3.25. The summed E-state index contributed by atoms with van der Waals surface area (Å²) >= 11 is 5.57. The molecule has 1 N–H and O–H groups in total. The van der Waals surface area contributed by atoms with E-state index in [1.165, 1.54) is 13.2 Å². The minimum atomic E-state index is -3.53. The molecule has 1 unspecified atom stereocenters. The van der Waals surface area contributed by atoms with Gasteiger partial charge in [0.1, 0.15) is 5.82 Å². The van der Waals surface area contributed by atoms with Crippen molar-refractivity contribution in [2.45, 2.75) is 10.9 Å². The minimum Gasteiger partial charge on any atom is -0.383 e. The molecule has 0 aliphatic rings. The van der Waals surface area contributed by atoms with Crippen molar-refractivity contribution in [2.75, 3.05) is 26.5 Å². The van der Waals surface area contributed by atoms with Crippen LogP contribution in [0.4, 0.5) is 4.39 Å². The summed E-state index contributed by atoms with van der Waals surface area (Å²) in [5, 5.41) is 2.64. The molecule has 0 spiro atoms. The molecule has 1 aromatic carbocycles. The summed E-state index contributed by atoms with van der Waals surface area (Å²) in [6.07, 6.45) is 0. The second kappa shape index (κ2) is 6.47. The molecule has 102 valence electrons. The molecule has 1 rings (SSSR count). The average molecular weight is 296 g/mol. The van der Waals surface area contributed by atoms with Crippen molar-refractivity contribution in [1.29, 1.82) is 0 Å². The van der Waals surface area contributed by atoms with Crippen LogP contribution >= 0.6 is 11.6 Å². The van der Waals surface area contributed by atoms with Crippen LogP contribution in [0.5, 0.6) is 0 Å². The molecule has 0 bridgehead atoms. The molecule has 0 amide bonds. The van der Waals surface area contributed by atoms with Crippen LogP contribution in [0.15, 0.2) is 23.1 Å². The smallest absolute Gasteiger partial charge is 0.180 e. The van der Waals surface area contributed by atoms with Gasteiger partial charge in [0, 0.05) is 13.2 Å². The molecule has 18 heavy (non-hydrogen) atoms. The molecule has 7 heteroatoms. The van der Waals surface area contributed by atoms with Crippen LogP contribution in [-0.4, -0.2) is 41.0 Å². The topological polar surface area (TPSA) is 55.4 Å².